The first-order valence-corrected chi connectivity index (χ1v) is 9.70. The molecule has 0 aromatic carbocycles. The molecule has 0 aliphatic carbocycles. The van der Waals surface area contributed by atoms with Crippen LogP contribution < -0.4 is 10.9 Å². The van der Waals surface area contributed by atoms with E-state index in [0.717, 1.165) is 6.08 Å². The van der Waals surface area contributed by atoms with E-state index in [9.17, 15) is 21.6 Å². The Hall–Kier alpha value is -3.07. The molecular weight excluding hydrogens is 397 g/mol. The fourth-order valence-electron chi connectivity index (χ4n) is 2.67. The van der Waals surface area contributed by atoms with Crippen LogP contribution in [0.5, 0.6) is 0 Å². The molecule has 1 aliphatic heterocycles. The predicted octanol–water partition coefficient (Wildman–Crippen LogP) is 2.18. The first kappa shape index (κ1) is 19.7. The van der Waals surface area contributed by atoms with Gasteiger partial charge >= 0.3 is 6.18 Å². The van der Waals surface area contributed by atoms with Gasteiger partial charge in [0, 0.05) is 13.2 Å². The van der Waals surface area contributed by atoms with Gasteiger partial charge in [-0.15, -0.1) is 0 Å². The standard InChI is InChI=1S/C16H15F3N6O2S/c1-3-28(26,27)11-6-9(4-5-20)8-21-13(11)15-22-10-7-12(16(17,18)19)23-24-14(10)25(15)2/h6-8,23-24H,3-4H2,1-2H3. The highest BCUT2D eigenvalue weighted by Crippen LogP contribution is 2.34. The van der Waals surface area contributed by atoms with Crippen molar-refractivity contribution in [2.45, 2.75) is 24.4 Å². The molecular formula is C16H15F3N6O2S. The molecule has 2 N–H and O–H groups in total. The normalized spacial score (nSPS) is 13.8. The maximum Gasteiger partial charge on any atom is 0.432 e. The van der Waals surface area contributed by atoms with Crippen LogP contribution in [0.3, 0.4) is 0 Å². The highest BCUT2D eigenvalue weighted by Gasteiger charge is 2.37. The Kier molecular flexibility index (Phi) is 4.80. The quantitative estimate of drug-likeness (QED) is 0.791. The minimum atomic E-state index is -4.60. The number of allylic oxidation sites excluding steroid dienone is 1. The molecule has 0 atom stereocenters. The molecule has 1 aliphatic rings. The number of sulfone groups is 1. The lowest BCUT2D eigenvalue weighted by Gasteiger charge is -2.20. The highest BCUT2D eigenvalue weighted by molar-refractivity contribution is 7.91. The second kappa shape index (κ2) is 6.83. The summed E-state index contributed by atoms with van der Waals surface area (Å²) in [5, 5.41) is 8.84. The van der Waals surface area contributed by atoms with Crippen LogP contribution in [0, 0.1) is 11.3 Å². The summed E-state index contributed by atoms with van der Waals surface area (Å²) in [4.78, 5) is 8.19. The van der Waals surface area contributed by atoms with Crippen molar-refractivity contribution in [2.75, 3.05) is 11.2 Å². The van der Waals surface area contributed by atoms with E-state index in [2.05, 4.69) is 20.8 Å². The van der Waals surface area contributed by atoms with Gasteiger partial charge in [-0.2, -0.15) is 18.4 Å². The largest absolute Gasteiger partial charge is 0.432 e. The van der Waals surface area contributed by atoms with Crippen molar-refractivity contribution in [1.29, 1.82) is 5.26 Å². The van der Waals surface area contributed by atoms with Gasteiger partial charge in [0.1, 0.15) is 17.1 Å². The van der Waals surface area contributed by atoms with E-state index in [4.69, 9.17) is 5.26 Å². The van der Waals surface area contributed by atoms with Crippen molar-refractivity contribution >= 4 is 21.7 Å². The number of rotatable bonds is 4. The third-order valence-corrected chi connectivity index (χ3v) is 5.88. The molecule has 2 aromatic heterocycles. The Bertz CT molecular complexity index is 1110. The number of halogens is 3. The van der Waals surface area contributed by atoms with E-state index in [1.54, 1.807) is 0 Å². The molecule has 8 nitrogen and oxygen atoms in total. The van der Waals surface area contributed by atoms with Crippen LogP contribution in [-0.4, -0.2) is 34.9 Å². The zero-order valence-electron chi connectivity index (χ0n) is 14.8. The van der Waals surface area contributed by atoms with Crippen LogP contribution in [0.15, 0.2) is 22.9 Å². The lowest BCUT2D eigenvalue weighted by atomic mass is 10.2. The molecule has 0 radical (unpaired) electrons. The van der Waals surface area contributed by atoms with Crippen LogP contribution in [-0.2, 0) is 23.3 Å². The van der Waals surface area contributed by atoms with Gasteiger partial charge < -0.3 is 4.57 Å². The van der Waals surface area contributed by atoms with Crippen molar-refractivity contribution in [3.8, 4) is 17.6 Å². The SMILES string of the molecule is CCS(=O)(=O)c1cc(CC#N)cnc1-c1nc2c(n1C)NNC(C(F)(F)F)=C2. The molecule has 0 spiro atoms. The Labute approximate surface area is 158 Å². The van der Waals surface area contributed by atoms with Gasteiger partial charge in [0.05, 0.1) is 23.1 Å². The number of pyridine rings is 1. The van der Waals surface area contributed by atoms with Gasteiger partial charge in [-0.3, -0.25) is 15.8 Å². The van der Waals surface area contributed by atoms with E-state index in [-0.39, 0.29) is 40.1 Å². The van der Waals surface area contributed by atoms with Crippen LogP contribution in [0.1, 0.15) is 18.2 Å². The summed E-state index contributed by atoms with van der Waals surface area (Å²) in [5.41, 5.74) is 3.86. The van der Waals surface area contributed by atoms with E-state index in [1.807, 2.05) is 6.07 Å². The average molecular weight is 412 g/mol. The van der Waals surface area contributed by atoms with Gasteiger partial charge in [-0.05, 0) is 17.7 Å². The summed E-state index contributed by atoms with van der Waals surface area (Å²) in [6.07, 6.45) is -2.45. The van der Waals surface area contributed by atoms with Crippen molar-refractivity contribution in [1.82, 2.24) is 20.0 Å². The Morgan fingerprint density at radius 2 is 2.04 bits per heavy atom. The molecule has 0 unspecified atom stereocenters. The number of alkyl halides is 3. The number of aromatic nitrogens is 3. The molecule has 0 amide bonds. The molecule has 3 heterocycles. The van der Waals surface area contributed by atoms with Gasteiger partial charge in [0.2, 0.25) is 0 Å². The molecule has 0 saturated heterocycles. The Balaban J connectivity index is 2.20. The van der Waals surface area contributed by atoms with Crippen LogP contribution in [0.4, 0.5) is 19.0 Å². The summed E-state index contributed by atoms with van der Waals surface area (Å²) in [6, 6.07) is 3.27. The van der Waals surface area contributed by atoms with Gasteiger partial charge in [-0.25, -0.2) is 13.4 Å². The minimum Gasteiger partial charge on any atom is -0.311 e. The minimum absolute atomic E-state index is 0.00389. The van der Waals surface area contributed by atoms with Gasteiger partial charge in [0.25, 0.3) is 0 Å². The number of hydrogen-bond acceptors (Lipinski definition) is 7. The molecule has 0 saturated carbocycles. The topological polar surface area (TPSA) is 113 Å². The maximum absolute atomic E-state index is 12.9. The molecule has 28 heavy (non-hydrogen) atoms. The summed E-state index contributed by atoms with van der Waals surface area (Å²) >= 11 is 0. The lowest BCUT2D eigenvalue weighted by molar-refractivity contribution is -0.0951. The third kappa shape index (κ3) is 3.40. The fourth-order valence-corrected chi connectivity index (χ4v) is 3.75. The van der Waals surface area contributed by atoms with E-state index in [0.29, 0.717) is 5.56 Å². The molecule has 2 aromatic rings. The second-order valence-corrected chi connectivity index (χ2v) is 8.21. The van der Waals surface area contributed by atoms with E-state index < -0.39 is 21.7 Å². The number of hydrogen-bond donors (Lipinski definition) is 2. The summed E-state index contributed by atoms with van der Waals surface area (Å²) in [6.45, 7) is 1.46. The highest BCUT2D eigenvalue weighted by atomic mass is 32.2. The Morgan fingerprint density at radius 1 is 1.32 bits per heavy atom. The zero-order valence-corrected chi connectivity index (χ0v) is 15.6. The van der Waals surface area contributed by atoms with E-state index in [1.165, 1.54) is 30.8 Å². The molecule has 0 fully saturated rings. The molecule has 3 rings (SSSR count). The van der Waals surface area contributed by atoms with Crippen LogP contribution in [0.25, 0.3) is 17.6 Å². The monoisotopic (exact) mass is 412 g/mol. The van der Waals surface area contributed by atoms with Crippen molar-refractivity contribution in [3.05, 3.63) is 29.2 Å². The summed E-state index contributed by atoms with van der Waals surface area (Å²) in [5.74, 6) is 0.0972. The van der Waals surface area contributed by atoms with Crippen LogP contribution >= 0.6 is 0 Å². The zero-order chi connectivity index (χ0) is 20.7. The van der Waals surface area contributed by atoms with Crippen molar-refractivity contribution in [3.63, 3.8) is 0 Å². The third-order valence-electron chi connectivity index (χ3n) is 4.14. The lowest BCUT2D eigenvalue weighted by Crippen LogP contribution is -2.33. The summed E-state index contributed by atoms with van der Waals surface area (Å²) in [7, 11) is -2.20. The van der Waals surface area contributed by atoms with Crippen LogP contribution in [0.2, 0.25) is 0 Å². The second-order valence-electron chi connectivity index (χ2n) is 5.96. The number of nitriles is 1. The summed E-state index contributed by atoms with van der Waals surface area (Å²) < 4.78 is 65.3. The number of nitrogens with zero attached hydrogens (tertiary/aromatic N) is 4. The number of nitrogens with one attached hydrogen (secondary N) is 2. The number of fused-ring (bicyclic) bond motifs is 1. The number of anilines is 1. The molecule has 12 heteroatoms. The van der Waals surface area contributed by atoms with Crippen molar-refractivity contribution in [2.24, 2.45) is 7.05 Å². The number of imidazole rings is 1. The van der Waals surface area contributed by atoms with Gasteiger partial charge in [0.15, 0.2) is 21.5 Å². The molecule has 0 bridgehead atoms. The molecule has 148 valence electrons. The fraction of sp³-hybridized carbons (Fsp3) is 0.312. The first-order chi connectivity index (χ1) is 13.1. The van der Waals surface area contributed by atoms with Crippen molar-refractivity contribution < 1.29 is 21.6 Å². The predicted molar refractivity (Wildman–Crippen MR) is 94.3 cm³/mol. The maximum atomic E-state index is 12.9. The first-order valence-electron chi connectivity index (χ1n) is 8.05. The number of hydrazine groups is 1. The Morgan fingerprint density at radius 3 is 2.64 bits per heavy atom. The van der Waals surface area contributed by atoms with E-state index >= 15 is 0 Å². The van der Waals surface area contributed by atoms with Gasteiger partial charge in [-0.1, -0.05) is 6.92 Å². The average Bonchev–Trinajstić information content (AvgIpc) is 2.97. The smallest absolute Gasteiger partial charge is 0.311 e.